The highest BCUT2D eigenvalue weighted by molar-refractivity contribution is 6.10. The van der Waals surface area contributed by atoms with E-state index in [0.29, 0.717) is 30.1 Å². The van der Waals surface area contributed by atoms with Crippen molar-refractivity contribution in [3.8, 4) is 0 Å². The molecule has 0 aliphatic carbocycles. The van der Waals surface area contributed by atoms with E-state index < -0.39 is 0 Å². The SMILES string of the molecule is CCn1c(=O)cc(C2=CCN(C)CC2)c2cc(C(=O)N3CCCc4ccccc43)ccc21.CCn1c(=O)cc(C2CCN(C)CC2)c2cc(C(=O)N3CCCc4ccccc43)ccc21. The molecule has 10 heteroatoms. The fourth-order valence-electron chi connectivity index (χ4n) is 10.5. The highest BCUT2D eigenvalue weighted by Crippen LogP contribution is 2.35. The van der Waals surface area contributed by atoms with Gasteiger partial charge in [0.1, 0.15) is 0 Å². The molecule has 6 aromatic rings. The molecule has 4 aromatic carbocycles. The van der Waals surface area contributed by atoms with E-state index in [-0.39, 0.29) is 22.9 Å². The van der Waals surface area contributed by atoms with Crippen LogP contribution in [0.3, 0.4) is 0 Å². The highest BCUT2D eigenvalue weighted by Gasteiger charge is 2.27. The Balaban J connectivity index is 0.000000162. The zero-order valence-corrected chi connectivity index (χ0v) is 37.8. The molecule has 4 aliphatic rings. The predicted octanol–water partition coefficient (Wildman–Crippen LogP) is 8.76. The minimum atomic E-state index is 0.0128. The standard InChI is InChI=1S/C27H31N3O2.C27H29N3O2/c2*1-3-29-25-11-10-21(27(32)30-14-6-8-20-7-4-5-9-24(20)30)17-23(25)22(18-26(29)31)19-12-15-28(2)16-13-19/h4-5,7,9-11,17-19H,3,6,8,12-16H2,1-2H3;4-5,7,9-12,17-18H,3,6,8,13-16H2,1-2H3. The second kappa shape index (κ2) is 18.6. The van der Waals surface area contributed by atoms with Crippen LogP contribution in [0.25, 0.3) is 27.4 Å². The van der Waals surface area contributed by atoms with Crippen LogP contribution in [0.15, 0.2) is 113 Å². The topological polar surface area (TPSA) is 91.1 Å². The summed E-state index contributed by atoms with van der Waals surface area (Å²) < 4.78 is 3.61. The molecule has 64 heavy (non-hydrogen) atoms. The Hall–Kier alpha value is -6.10. The fourth-order valence-corrected chi connectivity index (χ4v) is 10.5. The third kappa shape index (κ3) is 8.37. The van der Waals surface area contributed by atoms with Crippen LogP contribution in [0.2, 0.25) is 0 Å². The fraction of sp³-hybridized carbons (Fsp3) is 0.370. The first-order chi connectivity index (χ1) is 31.1. The Morgan fingerprint density at radius 2 is 1.11 bits per heavy atom. The molecule has 0 radical (unpaired) electrons. The van der Waals surface area contributed by atoms with Crippen molar-refractivity contribution >= 4 is 50.6 Å². The number of hydrogen-bond acceptors (Lipinski definition) is 6. The van der Waals surface area contributed by atoms with Gasteiger partial charge in [-0.15, -0.1) is 0 Å². The maximum Gasteiger partial charge on any atom is 0.258 e. The summed E-state index contributed by atoms with van der Waals surface area (Å²) in [5.41, 5.74) is 11.0. The molecule has 4 aliphatic heterocycles. The minimum absolute atomic E-state index is 0.0128. The van der Waals surface area contributed by atoms with E-state index in [9.17, 15) is 19.2 Å². The van der Waals surface area contributed by atoms with Gasteiger partial charge in [0, 0.05) is 84.7 Å². The molecule has 6 heterocycles. The van der Waals surface area contributed by atoms with Crippen LogP contribution in [0.4, 0.5) is 11.4 Å². The highest BCUT2D eigenvalue weighted by atomic mass is 16.2. The number of piperidine rings is 1. The summed E-state index contributed by atoms with van der Waals surface area (Å²) in [7, 11) is 4.25. The third-order valence-corrected chi connectivity index (χ3v) is 14.0. The van der Waals surface area contributed by atoms with E-state index in [2.05, 4.69) is 42.1 Å². The monoisotopic (exact) mass is 856 g/mol. The average Bonchev–Trinajstić information content (AvgIpc) is 3.33. The first-order valence-electron chi connectivity index (χ1n) is 23.3. The number of para-hydroxylation sites is 2. The second-order valence-electron chi connectivity index (χ2n) is 18.0. The maximum atomic E-state index is 13.6. The number of likely N-dealkylation sites (N-methyl/N-ethyl adjacent to an activating group) is 1. The van der Waals surface area contributed by atoms with Crippen molar-refractivity contribution in [2.45, 2.75) is 77.8 Å². The number of fused-ring (bicyclic) bond motifs is 4. The predicted molar refractivity (Wildman–Crippen MR) is 260 cm³/mol. The van der Waals surface area contributed by atoms with Crippen LogP contribution in [0.5, 0.6) is 0 Å². The Labute approximate surface area is 376 Å². The number of carbonyl (C=O) groups excluding carboxylic acids is 2. The first kappa shape index (κ1) is 43.2. The zero-order valence-electron chi connectivity index (χ0n) is 37.8. The van der Waals surface area contributed by atoms with Crippen LogP contribution in [-0.4, -0.2) is 84.1 Å². The molecule has 0 spiro atoms. The quantitative estimate of drug-likeness (QED) is 0.167. The van der Waals surface area contributed by atoms with Crippen LogP contribution in [-0.2, 0) is 25.9 Å². The van der Waals surface area contributed by atoms with Crippen molar-refractivity contribution in [1.82, 2.24) is 18.9 Å². The first-order valence-corrected chi connectivity index (χ1v) is 23.3. The van der Waals surface area contributed by atoms with Crippen LogP contribution in [0, 0.1) is 0 Å². The van der Waals surface area contributed by atoms with E-state index in [1.165, 1.54) is 16.7 Å². The molecule has 0 unspecified atom stereocenters. The molecular formula is C54H60N6O4. The lowest BCUT2D eigenvalue weighted by Gasteiger charge is -2.31. The third-order valence-electron chi connectivity index (χ3n) is 14.0. The van der Waals surface area contributed by atoms with Gasteiger partial charge < -0.3 is 28.7 Å². The largest absolute Gasteiger partial charge is 0.309 e. The average molecular weight is 857 g/mol. The van der Waals surface area contributed by atoms with Crippen molar-refractivity contribution in [3.05, 3.63) is 157 Å². The molecule has 330 valence electrons. The van der Waals surface area contributed by atoms with Crippen molar-refractivity contribution in [3.63, 3.8) is 0 Å². The molecule has 2 aromatic heterocycles. The second-order valence-corrected chi connectivity index (χ2v) is 18.0. The number of hydrogen-bond donors (Lipinski definition) is 0. The zero-order chi connectivity index (χ0) is 44.5. The van der Waals surface area contributed by atoms with E-state index in [0.717, 1.165) is 129 Å². The molecule has 2 amide bonds. The number of pyridine rings is 2. The molecule has 0 bridgehead atoms. The van der Waals surface area contributed by atoms with Gasteiger partial charge in [-0.3, -0.25) is 19.2 Å². The van der Waals surface area contributed by atoms with Gasteiger partial charge in [-0.1, -0.05) is 42.5 Å². The number of carbonyl (C=O) groups is 2. The van der Waals surface area contributed by atoms with Gasteiger partial charge in [0.15, 0.2) is 0 Å². The normalized spacial score (nSPS) is 17.1. The van der Waals surface area contributed by atoms with Gasteiger partial charge in [0.05, 0.1) is 11.0 Å². The summed E-state index contributed by atoms with van der Waals surface area (Å²) in [6, 6.07) is 31.7. The number of amides is 2. The van der Waals surface area contributed by atoms with Gasteiger partial charge >= 0.3 is 0 Å². The lowest BCUT2D eigenvalue weighted by atomic mass is 9.87. The van der Waals surface area contributed by atoms with Gasteiger partial charge in [-0.2, -0.15) is 0 Å². The van der Waals surface area contributed by atoms with Gasteiger partial charge in [0.2, 0.25) is 0 Å². The van der Waals surface area contributed by atoms with Crippen LogP contribution < -0.4 is 20.9 Å². The minimum Gasteiger partial charge on any atom is -0.309 e. The summed E-state index contributed by atoms with van der Waals surface area (Å²) in [6.07, 6.45) is 9.16. The Bertz CT molecular complexity index is 2900. The summed E-state index contributed by atoms with van der Waals surface area (Å²) in [4.78, 5) is 61.4. The van der Waals surface area contributed by atoms with E-state index in [4.69, 9.17) is 0 Å². The number of benzene rings is 4. The molecule has 0 atom stereocenters. The lowest BCUT2D eigenvalue weighted by Crippen LogP contribution is -2.35. The number of anilines is 2. The maximum absolute atomic E-state index is 13.6. The molecule has 1 fully saturated rings. The van der Waals surface area contributed by atoms with Crippen LogP contribution in [0.1, 0.15) is 94.8 Å². The molecular weight excluding hydrogens is 797 g/mol. The number of aromatic nitrogens is 2. The van der Waals surface area contributed by atoms with Crippen LogP contribution >= 0.6 is 0 Å². The van der Waals surface area contributed by atoms with E-state index in [1.54, 1.807) is 10.6 Å². The molecule has 10 rings (SSSR count). The van der Waals surface area contributed by atoms with Gasteiger partial charge in [-0.05, 0) is 168 Å². The van der Waals surface area contributed by atoms with Crippen molar-refractivity contribution in [1.29, 1.82) is 0 Å². The Morgan fingerprint density at radius 3 is 1.66 bits per heavy atom. The van der Waals surface area contributed by atoms with Crippen molar-refractivity contribution in [2.75, 3.05) is 63.2 Å². The van der Waals surface area contributed by atoms with Gasteiger partial charge in [-0.25, -0.2) is 0 Å². The summed E-state index contributed by atoms with van der Waals surface area (Å²) in [5.74, 6) is 0.424. The summed E-state index contributed by atoms with van der Waals surface area (Å²) in [6.45, 7) is 10.6. The lowest BCUT2D eigenvalue weighted by molar-refractivity contribution is 0.0977. The number of rotatable bonds is 6. The van der Waals surface area contributed by atoms with E-state index >= 15 is 0 Å². The summed E-state index contributed by atoms with van der Waals surface area (Å²) in [5, 5.41) is 2.04. The van der Waals surface area contributed by atoms with E-state index in [1.807, 2.05) is 107 Å². The van der Waals surface area contributed by atoms with Crippen molar-refractivity contribution in [2.24, 2.45) is 0 Å². The Kier molecular flexibility index (Phi) is 12.5. The molecule has 10 nitrogen and oxygen atoms in total. The summed E-state index contributed by atoms with van der Waals surface area (Å²) >= 11 is 0. The number of nitrogens with zero attached hydrogens (tertiary/aromatic N) is 6. The molecule has 0 saturated carbocycles. The number of aryl methyl sites for hydroxylation is 4. The molecule has 1 saturated heterocycles. The molecule has 0 N–H and O–H groups in total. The van der Waals surface area contributed by atoms with Gasteiger partial charge in [0.25, 0.3) is 22.9 Å². The van der Waals surface area contributed by atoms with Crippen molar-refractivity contribution < 1.29 is 9.59 Å². The Morgan fingerprint density at radius 1 is 0.578 bits per heavy atom. The number of likely N-dealkylation sites (tertiary alicyclic amines) is 1. The smallest absolute Gasteiger partial charge is 0.258 e.